The van der Waals surface area contributed by atoms with Crippen molar-refractivity contribution < 1.29 is 14.0 Å². The molecule has 0 atom stereocenters. The Bertz CT molecular complexity index is 804. The molecule has 0 radical (unpaired) electrons. The van der Waals surface area contributed by atoms with E-state index in [4.69, 9.17) is 4.42 Å². The van der Waals surface area contributed by atoms with E-state index in [1.54, 1.807) is 12.3 Å². The Hall–Kier alpha value is -2.57. The number of furan rings is 1. The molecule has 1 saturated carbocycles. The molecule has 1 aliphatic heterocycles. The van der Waals surface area contributed by atoms with Gasteiger partial charge in [0.05, 0.1) is 18.5 Å². The molecular weight excluding hydrogens is 344 g/mol. The van der Waals surface area contributed by atoms with Gasteiger partial charge in [-0.15, -0.1) is 0 Å². The molecule has 0 aromatic carbocycles. The van der Waals surface area contributed by atoms with Crippen LogP contribution in [0.4, 0.5) is 0 Å². The molecule has 144 valence electrons. The zero-order chi connectivity index (χ0) is 18.6. The topological polar surface area (TPSA) is 89.2 Å². The number of rotatable bonds is 5. The highest BCUT2D eigenvalue weighted by atomic mass is 16.3. The Labute approximate surface area is 158 Å². The van der Waals surface area contributed by atoms with Crippen molar-refractivity contribution in [2.45, 2.75) is 70.5 Å². The molecule has 2 aliphatic rings. The van der Waals surface area contributed by atoms with Crippen molar-refractivity contribution in [3.05, 3.63) is 41.4 Å². The Kier molecular flexibility index (Phi) is 5.27. The molecule has 7 nitrogen and oxygen atoms in total. The fourth-order valence-corrected chi connectivity index (χ4v) is 4.06. The summed E-state index contributed by atoms with van der Waals surface area (Å²) in [6, 6.07) is 3.82. The first-order valence-corrected chi connectivity index (χ1v) is 9.93. The third-order valence-corrected chi connectivity index (χ3v) is 5.48. The van der Waals surface area contributed by atoms with Crippen LogP contribution in [0.1, 0.15) is 77.5 Å². The summed E-state index contributed by atoms with van der Waals surface area (Å²) in [5.41, 5.74) is 1.24. The van der Waals surface area contributed by atoms with Gasteiger partial charge in [0.2, 0.25) is 0 Å². The number of carbonyl (C=O) groups excluding carboxylic acids is 2. The predicted molar refractivity (Wildman–Crippen MR) is 99.4 cm³/mol. The minimum atomic E-state index is -0.256. The number of hydrogen-bond acceptors (Lipinski definition) is 4. The van der Waals surface area contributed by atoms with E-state index >= 15 is 0 Å². The van der Waals surface area contributed by atoms with Crippen molar-refractivity contribution in [1.82, 2.24) is 20.2 Å². The first-order valence-electron chi connectivity index (χ1n) is 9.93. The van der Waals surface area contributed by atoms with Gasteiger partial charge in [-0.1, -0.05) is 19.3 Å². The predicted octanol–water partition coefficient (Wildman–Crippen LogP) is 2.80. The van der Waals surface area contributed by atoms with Crippen molar-refractivity contribution in [2.75, 3.05) is 0 Å². The highest BCUT2D eigenvalue weighted by Crippen LogP contribution is 2.22. The molecule has 0 spiro atoms. The van der Waals surface area contributed by atoms with E-state index in [9.17, 15) is 9.59 Å². The summed E-state index contributed by atoms with van der Waals surface area (Å²) in [4.78, 5) is 30.0. The fourth-order valence-electron chi connectivity index (χ4n) is 4.06. The Morgan fingerprint density at radius 1 is 1.15 bits per heavy atom. The summed E-state index contributed by atoms with van der Waals surface area (Å²) in [6.07, 6.45) is 9.96. The molecule has 1 aliphatic carbocycles. The summed E-state index contributed by atoms with van der Waals surface area (Å²) < 4.78 is 7.19. The molecule has 2 aromatic heterocycles. The van der Waals surface area contributed by atoms with Crippen LogP contribution in [0.2, 0.25) is 0 Å². The average Bonchev–Trinajstić information content (AvgIpc) is 3.35. The van der Waals surface area contributed by atoms with Gasteiger partial charge in [0.1, 0.15) is 11.5 Å². The van der Waals surface area contributed by atoms with Crippen LogP contribution in [-0.2, 0) is 19.5 Å². The summed E-state index contributed by atoms with van der Waals surface area (Å²) in [5.74, 6) is 0.647. The van der Waals surface area contributed by atoms with Crippen LogP contribution in [0.3, 0.4) is 0 Å². The first kappa shape index (κ1) is 17.8. The number of imidazole rings is 1. The lowest BCUT2D eigenvalue weighted by atomic mass is 9.95. The molecule has 3 heterocycles. The maximum atomic E-state index is 12.8. The van der Waals surface area contributed by atoms with Gasteiger partial charge in [0.25, 0.3) is 11.8 Å². The van der Waals surface area contributed by atoms with Gasteiger partial charge in [-0.05, 0) is 44.2 Å². The number of hydrogen-bond donors (Lipinski definition) is 2. The molecule has 0 unspecified atom stereocenters. The molecule has 2 amide bonds. The van der Waals surface area contributed by atoms with Crippen molar-refractivity contribution in [2.24, 2.45) is 0 Å². The molecule has 2 aromatic rings. The van der Waals surface area contributed by atoms with Crippen molar-refractivity contribution in [3.8, 4) is 0 Å². The van der Waals surface area contributed by atoms with Crippen molar-refractivity contribution >= 4 is 11.8 Å². The van der Waals surface area contributed by atoms with Gasteiger partial charge in [0.15, 0.2) is 5.82 Å². The third kappa shape index (κ3) is 3.91. The first-order chi connectivity index (χ1) is 13.2. The second kappa shape index (κ2) is 7.98. The van der Waals surface area contributed by atoms with Gasteiger partial charge >= 0.3 is 0 Å². The summed E-state index contributed by atoms with van der Waals surface area (Å²) in [5, 5.41) is 5.97. The molecule has 0 saturated heterocycles. The van der Waals surface area contributed by atoms with Crippen LogP contribution in [-0.4, -0.2) is 27.4 Å². The number of nitrogens with one attached hydrogen (secondary N) is 2. The monoisotopic (exact) mass is 370 g/mol. The van der Waals surface area contributed by atoms with Gasteiger partial charge < -0.3 is 19.6 Å². The lowest BCUT2D eigenvalue weighted by Crippen LogP contribution is -2.37. The van der Waals surface area contributed by atoms with Gasteiger partial charge in [-0.25, -0.2) is 4.98 Å². The lowest BCUT2D eigenvalue weighted by molar-refractivity contribution is 0.0911. The Morgan fingerprint density at radius 2 is 2.00 bits per heavy atom. The fraction of sp³-hybridized carbons (Fsp3) is 0.550. The minimum absolute atomic E-state index is 0.157. The van der Waals surface area contributed by atoms with E-state index in [0.29, 0.717) is 23.8 Å². The largest absolute Gasteiger partial charge is 0.467 e. The van der Waals surface area contributed by atoms with E-state index in [2.05, 4.69) is 15.6 Å². The van der Waals surface area contributed by atoms with Crippen LogP contribution >= 0.6 is 0 Å². The SMILES string of the molecule is O=C(NCc1ccco1)c1nc(C(=O)NC2CCCCC2)n2c1CCCC2. The minimum Gasteiger partial charge on any atom is -0.467 e. The Morgan fingerprint density at radius 3 is 2.78 bits per heavy atom. The van der Waals surface area contributed by atoms with Crippen LogP contribution in [0.25, 0.3) is 0 Å². The van der Waals surface area contributed by atoms with Crippen molar-refractivity contribution in [3.63, 3.8) is 0 Å². The molecule has 2 N–H and O–H groups in total. The normalized spacial score (nSPS) is 17.3. The molecule has 27 heavy (non-hydrogen) atoms. The van der Waals surface area contributed by atoms with E-state index in [1.165, 1.54) is 6.42 Å². The quantitative estimate of drug-likeness (QED) is 0.847. The number of fused-ring (bicyclic) bond motifs is 1. The summed E-state index contributed by atoms with van der Waals surface area (Å²) >= 11 is 0. The Balaban J connectivity index is 1.51. The molecular formula is C20H26N4O3. The average molecular weight is 370 g/mol. The van der Waals surface area contributed by atoms with Gasteiger partial charge in [0, 0.05) is 12.6 Å². The molecule has 7 heteroatoms. The van der Waals surface area contributed by atoms with Gasteiger partial charge in [-0.3, -0.25) is 9.59 Å². The van der Waals surface area contributed by atoms with Crippen LogP contribution in [0.15, 0.2) is 22.8 Å². The summed E-state index contributed by atoms with van der Waals surface area (Å²) in [6.45, 7) is 1.04. The second-order valence-corrected chi connectivity index (χ2v) is 7.41. The van der Waals surface area contributed by atoms with Crippen molar-refractivity contribution in [1.29, 1.82) is 0 Å². The zero-order valence-electron chi connectivity index (χ0n) is 15.5. The second-order valence-electron chi connectivity index (χ2n) is 7.41. The highest BCUT2D eigenvalue weighted by molar-refractivity contribution is 5.97. The lowest BCUT2D eigenvalue weighted by Gasteiger charge is -2.23. The van der Waals surface area contributed by atoms with Gasteiger partial charge in [-0.2, -0.15) is 0 Å². The van der Waals surface area contributed by atoms with Crippen LogP contribution < -0.4 is 10.6 Å². The maximum Gasteiger partial charge on any atom is 0.287 e. The zero-order valence-corrected chi connectivity index (χ0v) is 15.5. The smallest absolute Gasteiger partial charge is 0.287 e. The maximum absolute atomic E-state index is 12.8. The molecule has 4 rings (SSSR count). The summed E-state index contributed by atoms with van der Waals surface area (Å²) in [7, 11) is 0. The molecule has 1 fully saturated rings. The standard InChI is InChI=1S/C20H26N4O3/c25-19(21-13-15-9-6-12-27-15)17-16-10-4-5-11-24(16)18(23-17)20(26)22-14-7-2-1-3-8-14/h6,9,12,14H,1-5,7-8,10-11,13H2,(H,21,25)(H,22,26). The number of carbonyl (C=O) groups is 2. The van der Waals surface area contributed by atoms with E-state index in [1.807, 2.05) is 10.6 Å². The number of nitrogens with zero attached hydrogens (tertiary/aromatic N) is 2. The van der Waals surface area contributed by atoms with E-state index in [-0.39, 0.29) is 17.9 Å². The third-order valence-electron chi connectivity index (χ3n) is 5.48. The highest BCUT2D eigenvalue weighted by Gasteiger charge is 2.28. The van der Waals surface area contributed by atoms with E-state index in [0.717, 1.165) is 57.2 Å². The van der Waals surface area contributed by atoms with E-state index < -0.39 is 0 Å². The number of amides is 2. The number of aromatic nitrogens is 2. The van der Waals surface area contributed by atoms with Crippen LogP contribution in [0.5, 0.6) is 0 Å². The molecule has 0 bridgehead atoms. The van der Waals surface area contributed by atoms with Crippen LogP contribution in [0, 0.1) is 0 Å².